The first-order valence-electron chi connectivity index (χ1n) is 14.8. The van der Waals surface area contributed by atoms with Gasteiger partial charge in [-0.1, -0.05) is 13.8 Å². The molecule has 5 fully saturated rings. The standard InChI is InChI=1S/C30H46O8/c1-16-27(33)23(35-4)13-25(37-16)38-19-7-9-28(2)18(12-19)5-6-21-26(28)22(31)14-29(3)20(8-10-30(21,29)34)17-11-24(32)36-15-17/h11,16,18-23,25-27,31,33-34H,5-10,12-15H2,1-4H3/t16-,18-,19+,20-,21-,22-,23+,25+,26-,27+,28+,29-,30+/m1/s1. The fourth-order valence-corrected chi connectivity index (χ4v) is 10.1. The highest BCUT2D eigenvalue weighted by Gasteiger charge is 2.70. The van der Waals surface area contributed by atoms with Crippen molar-refractivity contribution < 1.29 is 39.1 Å². The van der Waals surface area contributed by atoms with Crippen LogP contribution in [-0.4, -0.2) is 77.4 Å². The number of carbonyl (C=O) groups is 1. The molecular weight excluding hydrogens is 488 g/mol. The molecule has 0 unspecified atom stereocenters. The van der Waals surface area contributed by atoms with Crippen LogP contribution in [0.5, 0.6) is 0 Å². The first kappa shape index (κ1) is 27.2. The molecule has 6 aliphatic rings. The molecule has 0 spiro atoms. The summed E-state index contributed by atoms with van der Waals surface area (Å²) in [5.74, 6) is 0.285. The number of rotatable bonds is 4. The van der Waals surface area contributed by atoms with Crippen molar-refractivity contribution in [3.05, 3.63) is 11.6 Å². The van der Waals surface area contributed by atoms with Gasteiger partial charge in [0.1, 0.15) is 12.7 Å². The van der Waals surface area contributed by atoms with E-state index < -0.39 is 23.2 Å². The van der Waals surface area contributed by atoms with Gasteiger partial charge in [0.05, 0.1) is 30.0 Å². The van der Waals surface area contributed by atoms with Crippen LogP contribution in [0.3, 0.4) is 0 Å². The maximum absolute atomic E-state index is 12.4. The minimum Gasteiger partial charge on any atom is -0.458 e. The topological polar surface area (TPSA) is 115 Å². The first-order valence-corrected chi connectivity index (χ1v) is 14.8. The Morgan fingerprint density at radius 3 is 2.58 bits per heavy atom. The van der Waals surface area contributed by atoms with Crippen molar-refractivity contribution in [2.75, 3.05) is 13.7 Å². The van der Waals surface area contributed by atoms with Crippen molar-refractivity contribution in [2.24, 2.45) is 34.5 Å². The number of carbonyl (C=O) groups excluding carboxylic acids is 1. The predicted octanol–water partition coefficient (Wildman–Crippen LogP) is 3.11. The summed E-state index contributed by atoms with van der Waals surface area (Å²) >= 11 is 0. The maximum Gasteiger partial charge on any atom is 0.331 e. The number of fused-ring (bicyclic) bond motifs is 5. The van der Waals surface area contributed by atoms with E-state index in [4.69, 9.17) is 18.9 Å². The summed E-state index contributed by atoms with van der Waals surface area (Å²) in [6, 6.07) is 0. The normalized spacial score (nSPS) is 54.5. The molecule has 3 N–H and O–H groups in total. The third-order valence-electron chi connectivity index (χ3n) is 12.2. The zero-order chi connectivity index (χ0) is 27.0. The Hall–Kier alpha value is -1.03. The van der Waals surface area contributed by atoms with E-state index in [1.165, 1.54) is 0 Å². The quantitative estimate of drug-likeness (QED) is 0.372. The maximum atomic E-state index is 12.4. The summed E-state index contributed by atoms with van der Waals surface area (Å²) in [7, 11) is 1.62. The van der Waals surface area contributed by atoms with Crippen LogP contribution in [-0.2, 0) is 23.7 Å². The Morgan fingerprint density at radius 1 is 1.08 bits per heavy atom. The van der Waals surface area contributed by atoms with Gasteiger partial charge in [-0.25, -0.2) is 4.79 Å². The molecule has 4 saturated carbocycles. The van der Waals surface area contributed by atoms with Crippen molar-refractivity contribution in [3.63, 3.8) is 0 Å². The van der Waals surface area contributed by atoms with E-state index in [2.05, 4.69) is 13.8 Å². The van der Waals surface area contributed by atoms with Crippen LogP contribution in [0.2, 0.25) is 0 Å². The van der Waals surface area contributed by atoms with Gasteiger partial charge < -0.3 is 34.3 Å². The van der Waals surface area contributed by atoms with Gasteiger partial charge in [0, 0.05) is 25.0 Å². The molecule has 0 aromatic carbocycles. The largest absolute Gasteiger partial charge is 0.458 e. The highest BCUT2D eigenvalue weighted by molar-refractivity contribution is 5.85. The van der Waals surface area contributed by atoms with Crippen LogP contribution >= 0.6 is 0 Å². The van der Waals surface area contributed by atoms with Gasteiger partial charge in [0.15, 0.2) is 6.29 Å². The number of hydrogen-bond acceptors (Lipinski definition) is 8. The van der Waals surface area contributed by atoms with Crippen LogP contribution < -0.4 is 0 Å². The van der Waals surface area contributed by atoms with Gasteiger partial charge in [-0.15, -0.1) is 0 Å². The smallest absolute Gasteiger partial charge is 0.331 e. The van der Waals surface area contributed by atoms with Crippen LogP contribution in [0.25, 0.3) is 0 Å². The average Bonchev–Trinajstić information content (AvgIpc) is 3.41. The molecule has 8 nitrogen and oxygen atoms in total. The summed E-state index contributed by atoms with van der Waals surface area (Å²) in [5, 5.41) is 34.5. The first-order chi connectivity index (χ1) is 18.0. The highest BCUT2D eigenvalue weighted by Crippen LogP contribution is 2.70. The van der Waals surface area contributed by atoms with Crippen LogP contribution in [0.1, 0.15) is 78.6 Å². The number of aliphatic hydroxyl groups excluding tert-OH is 2. The second-order valence-electron chi connectivity index (χ2n) is 13.7. The lowest BCUT2D eigenvalue weighted by Gasteiger charge is -2.65. The van der Waals surface area contributed by atoms with E-state index in [-0.39, 0.29) is 53.7 Å². The fourth-order valence-electron chi connectivity index (χ4n) is 10.1. The van der Waals surface area contributed by atoms with Gasteiger partial charge in [-0.3, -0.25) is 0 Å². The van der Waals surface area contributed by atoms with Crippen LogP contribution in [0, 0.1) is 34.5 Å². The van der Waals surface area contributed by atoms with Gasteiger partial charge in [-0.2, -0.15) is 0 Å². The molecule has 1 saturated heterocycles. The molecule has 6 rings (SSSR count). The lowest BCUT2D eigenvalue weighted by Crippen LogP contribution is -2.66. The minimum atomic E-state index is -0.850. The number of esters is 1. The zero-order valence-electron chi connectivity index (χ0n) is 23.3. The minimum absolute atomic E-state index is 0.0464. The summed E-state index contributed by atoms with van der Waals surface area (Å²) in [4.78, 5) is 11.8. The molecule has 214 valence electrons. The fraction of sp³-hybridized carbons (Fsp3) is 0.900. The lowest BCUT2D eigenvalue weighted by molar-refractivity contribution is -0.278. The third kappa shape index (κ3) is 3.96. The molecule has 0 aromatic heterocycles. The Labute approximate surface area is 226 Å². The molecule has 2 heterocycles. The van der Waals surface area contributed by atoms with Crippen LogP contribution in [0.4, 0.5) is 0 Å². The Kier molecular flexibility index (Phi) is 6.80. The summed E-state index contributed by atoms with van der Waals surface area (Å²) in [6.07, 6.45) is 6.83. The molecule has 0 bridgehead atoms. The Morgan fingerprint density at radius 2 is 1.87 bits per heavy atom. The van der Waals surface area contributed by atoms with Crippen molar-refractivity contribution in [3.8, 4) is 0 Å². The third-order valence-corrected chi connectivity index (χ3v) is 12.2. The molecule has 2 aliphatic heterocycles. The Balaban J connectivity index is 1.18. The number of ether oxygens (including phenoxy) is 4. The van der Waals surface area contributed by atoms with E-state index in [0.29, 0.717) is 31.8 Å². The average molecular weight is 535 g/mol. The van der Waals surface area contributed by atoms with Gasteiger partial charge in [-0.05, 0) is 93.0 Å². The molecular formula is C30H46O8. The highest BCUT2D eigenvalue weighted by atomic mass is 16.7. The number of hydrogen-bond donors (Lipinski definition) is 3. The number of cyclic esters (lactones) is 1. The second kappa shape index (κ2) is 9.52. The molecule has 0 amide bonds. The SMILES string of the molecule is CO[C@H]1C[C@H](O[C@H]2CC[C@@]3(C)[C@H](CC[C@@H]4[C@@H]3[C@H](O)C[C@]3(C)[C@@H](C5=CC(=O)OC5)CC[C@]43O)C2)O[C@H](C)[C@@H]1O. The molecule has 38 heavy (non-hydrogen) atoms. The van der Waals surface area contributed by atoms with E-state index in [0.717, 1.165) is 44.1 Å². The van der Waals surface area contributed by atoms with E-state index in [1.54, 1.807) is 13.2 Å². The van der Waals surface area contributed by atoms with Gasteiger partial charge in [0.2, 0.25) is 0 Å². The van der Waals surface area contributed by atoms with Gasteiger partial charge >= 0.3 is 5.97 Å². The van der Waals surface area contributed by atoms with Crippen LogP contribution in [0.15, 0.2) is 11.6 Å². The monoisotopic (exact) mass is 534 g/mol. The predicted molar refractivity (Wildman–Crippen MR) is 138 cm³/mol. The lowest BCUT2D eigenvalue weighted by atomic mass is 9.42. The van der Waals surface area contributed by atoms with E-state index in [9.17, 15) is 20.1 Å². The molecule has 13 atom stereocenters. The molecule has 0 radical (unpaired) electrons. The second-order valence-corrected chi connectivity index (χ2v) is 13.7. The van der Waals surface area contributed by atoms with Crippen molar-refractivity contribution in [1.82, 2.24) is 0 Å². The zero-order valence-corrected chi connectivity index (χ0v) is 23.3. The van der Waals surface area contributed by atoms with E-state index in [1.807, 2.05) is 6.92 Å². The number of methoxy groups -OCH3 is 1. The summed E-state index contributed by atoms with van der Waals surface area (Å²) < 4.78 is 23.1. The van der Waals surface area contributed by atoms with Gasteiger partial charge in [0.25, 0.3) is 0 Å². The molecule has 8 heteroatoms. The summed E-state index contributed by atoms with van der Waals surface area (Å²) in [6.45, 7) is 6.65. The van der Waals surface area contributed by atoms with Crippen molar-refractivity contribution >= 4 is 5.97 Å². The van der Waals surface area contributed by atoms with Crippen molar-refractivity contribution in [1.29, 1.82) is 0 Å². The van der Waals surface area contributed by atoms with E-state index >= 15 is 0 Å². The summed E-state index contributed by atoms with van der Waals surface area (Å²) in [5.41, 5.74) is -0.389. The Bertz CT molecular complexity index is 968. The molecule has 0 aromatic rings. The number of aliphatic hydroxyl groups is 3. The van der Waals surface area contributed by atoms with Crippen molar-refractivity contribution in [2.45, 2.75) is 121 Å². The molecule has 4 aliphatic carbocycles.